The zero-order valence-corrected chi connectivity index (χ0v) is 40.1. The van der Waals surface area contributed by atoms with Gasteiger partial charge in [0.25, 0.3) is 0 Å². The highest BCUT2D eigenvalue weighted by Gasteiger charge is 2.35. The van der Waals surface area contributed by atoms with Gasteiger partial charge >= 0.3 is 0 Å². The van der Waals surface area contributed by atoms with Gasteiger partial charge in [-0.05, 0) is 68.7 Å². The van der Waals surface area contributed by atoms with Crippen LogP contribution < -0.4 is 71.2 Å². The summed E-state index contributed by atoms with van der Waals surface area (Å²) < 4.78 is 0. The molecule has 0 radical (unpaired) electrons. The Balaban J connectivity index is 1.77. The van der Waals surface area contributed by atoms with Crippen LogP contribution in [-0.2, 0) is 60.8 Å². The van der Waals surface area contributed by atoms with E-state index in [1.807, 2.05) is 18.2 Å². The predicted molar refractivity (Wildman–Crippen MR) is 264 cm³/mol. The van der Waals surface area contributed by atoms with Crippen LogP contribution in [0.1, 0.15) is 75.8 Å². The topological polar surface area (TPSA) is 425 Å². The average molecular weight is 1000 g/mol. The number of amides is 10. The molecule has 1 saturated heterocycles. The van der Waals surface area contributed by atoms with Gasteiger partial charge in [-0.3, -0.25) is 52.9 Å². The van der Waals surface area contributed by atoms with E-state index in [-0.39, 0.29) is 89.8 Å². The molecule has 2 aromatic carbocycles. The number of fused-ring (bicyclic) bond motifs is 1. The number of hydrogen-bond donors (Lipinski definition) is 14. The number of guanidine groups is 1. The van der Waals surface area contributed by atoms with Gasteiger partial charge in [-0.25, -0.2) is 0 Å². The molecule has 1 unspecified atom stereocenters. The van der Waals surface area contributed by atoms with E-state index >= 15 is 0 Å². The van der Waals surface area contributed by atoms with Crippen LogP contribution in [0.2, 0.25) is 0 Å². The molecule has 10 amide bonds. The number of aromatic amines is 1. The second-order valence-electron chi connectivity index (χ2n) is 17.4. The molecule has 0 aliphatic carbocycles. The molecular formula is C47H67N15O10. The molecule has 0 bridgehead atoms. The highest BCUT2D eigenvalue weighted by molar-refractivity contribution is 5.99. The van der Waals surface area contributed by atoms with E-state index in [1.165, 1.54) is 0 Å². The Bertz CT molecular complexity index is 2430. The summed E-state index contributed by atoms with van der Waals surface area (Å²) in [5.74, 6) is -8.53. The third-order valence-corrected chi connectivity index (χ3v) is 11.6. The maximum absolute atomic E-state index is 14.5. The monoisotopic (exact) mass is 1000 g/mol. The summed E-state index contributed by atoms with van der Waals surface area (Å²) in [5, 5.41) is 21.6. The predicted octanol–water partition coefficient (Wildman–Crippen LogP) is -3.79. The number of nitrogens with zero attached hydrogens (tertiary/aromatic N) is 1. The Morgan fingerprint density at radius 2 is 1.35 bits per heavy atom. The van der Waals surface area contributed by atoms with Crippen molar-refractivity contribution in [1.82, 2.24) is 47.5 Å². The normalized spacial score (nSPS) is 21.5. The second-order valence-corrected chi connectivity index (χ2v) is 17.4. The van der Waals surface area contributed by atoms with Crippen molar-refractivity contribution >= 4 is 75.9 Å². The summed E-state index contributed by atoms with van der Waals surface area (Å²) in [7, 11) is 0. The van der Waals surface area contributed by atoms with Crippen molar-refractivity contribution in [3.63, 3.8) is 0 Å². The highest BCUT2D eigenvalue weighted by Crippen LogP contribution is 2.20. The summed E-state index contributed by atoms with van der Waals surface area (Å²) >= 11 is 0. The van der Waals surface area contributed by atoms with Gasteiger partial charge in [0.05, 0.1) is 6.42 Å². The minimum absolute atomic E-state index is 0.000466. The molecule has 2 heterocycles. The van der Waals surface area contributed by atoms with Crippen molar-refractivity contribution in [1.29, 1.82) is 0 Å². The minimum Gasteiger partial charge on any atom is -0.370 e. The lowest BCUT2D eigenvalue weighted by atomic mass is 10.0. The number of primary amides is 2. The zero-order chi connectivity index (χ0) is 52.7. The van der Waals surface area contributed by atoms with Crippen LogP contribution in [-0.4, -0.2) is 132 Å². The third-order valence-electron chi connectivity index (χ3n) is 11.6. The summed E-state index contributed by atoms with van der Waals surface area (Å²) in [6.07, 6.45) is 0.621. The van der Waals surface area contributed by atoms with E-state index in [2.05, 4.69) is 52.5 Å². The van der Waals surface area contributed by atoms with Crippen molar-refractivity contribution in [2.24, 2.45) is 33.7 Å². The smallest absolute Gasteiger partial charge is 0.243 e. The van der Waals surface area contributed by atoms with Gasteiger partial charge in [-0.1, -0.05) is 48.5 Å². The van der Waals surface area contributed by atoms with Gasteiger partial charge in [-0.2, -0.15) is 0 Å². The number of aliphatic imine (C=N–C) groups is 1. The Morgan fingerprint density at radius 1 is 0.736 bits per heavy atom. The molecular weight excluding hydrogens is 935 g/mol. The van der Waals surface area contributed by atoms with Crippen LogP contribution in [0.5, 0.6) is 0 Å². The number of para-hydroxylation sites is 1. The maximum atomic E-state index is 14.5. The fourth-order valence-corrected chi connectivity index (χ4v) is 7.88. The molecule has 25 heteroatoms. The molecule has 0 spiro atoms. The van der Waals surface area contributed by atoms with Crippen molar-refractivity contribution in [3.05, 3.63) is 71.9 Å². The average Bonchev–Trinajstić information content (AvgIpc) is 3.74. The number of carbonyl (C=O) groups is 10. The molecule has 72 heavy (non-hydrogen) atoms. The number of carbonyl (C=O) groups excluding carboxylic acids is 10. The van der Waals surface area contributed by atoms with Crippen LogP contribution in [0, 0.1) is 0 Å². The van der Waals surface area contributed by atoms with E-state index < -0.39 is 108 Å². The highest BCUT2D eigenvalue weighted by atomic mass is 16.2. The van der Waals surface area contributed by atoms with E-state index in [4.69, 9.17) is 28.7 Å². The Kier molecular flexibility index (Phi) is 22.4. The van der Waals surface area contributed by atoms with Crippen molar-refractivity contribution in [2.75, 3.05) is 19.6 Å². The SMILES string of the molecule is CC(=O)N[C@@H](CCC(N)=O)C(=O)N[C@H]1CC(=O)NCCCC[C@@H](C(N)=O)NC(=O)[C@H](Cc2c[nH]c3ccccc23)NC(=O)C(CCCN=C(N)N)NC(=O)[C@@H](Cc2ccccc2)NC(=O)[C@H](CCN)NC1=O. The molecule has 1 aliphatic rings. The van der Waals surface area contributed by atoms with Crippen LogP contribution in [0.3, 0.4) is 0 Å². The first-order chi connectivity index (χ1) is 34.3. The number of benzene rings is 2. The van der Waals surface area contributed by atoms with Crippen LogP contribution in [0.15, 0.2) is 65.8 Å². The number of aromatic nitrogens is 1. The van der Waals surface area contributed by atoms with Crippen molar-refractivity contribution in [2.45, 2.75) is 120 Å². The van der Waals surface area contributed by atoms with Gasteiger partial charge in [0.15, 0.2) is 5.96 Å². The first kappa shape index (κ1) is 56.5. The summed E-state index contributed by atoms with van der Waals surface area (Å²) in [4.78, 5) is 142. The van der Waals surface area contributed by atoms with Crippen LogP contribution >= 0.6 is 0 Å². The van der Waals surface area contributed by atoms with Crippen LogP contribution in [0.25, 0.3) is 10.9 Å². The fourth-order valence-electron chi connectivity index (χ4n) is 7.88. The minimum atomic E-state index is -1.68. The van der Waals surface area contributed by atoms with Gasteiger partial charge < -0.3 is 76.2 Å². The second kappa shape index (κ2) is 28.5. The Morgan fingerprint density at radius 3 is 2.00 bits per heavy atom. The molecule has 1 aliphatic heterocycles. The number of H-pyrrole nitrogens is 1. The molecule has 3 aromatic rings. The zero-order valence-electron chi connectivity index (χ0n) is 40.1. The van der Waals surface area contributed by atoms with Gasteiger partial charge in [0, 0.05) is 56.4 Å². The number of nitrogens with two attached hydrogens (primary N) is 5. The van der Waals surface area contributed by atoms with Gasteiger partial charge in [-0.15, -0.1) is 0 Å². The molecule has 390 valence electrons. The van der Waals surface area contributed by atoms with E-state index in [0.29, 0.717) is 11.1 Å². The number of rotatable bonds is 17. The first-order valence-corrected chi connectivity index (χ1v) is 23.6. The van der Waals surface area contributed by atoms with Gasteiger partial charge in [0.2, 0.25) is 59.1 Å². The van der Waals surface area contributed by atoms with E-state index in [0.717, 1.165) is 17.8 Å². The molecule has 7 atom stereocenters. The molecule has 1 fully saturated rings. The van der Waals surface area contributed by atoms with E-state index in [1.54, 1.807) is 42.6 Å². The fraction of sp³-hybridized carbons (Fsp3) is 0.468. The van der Waals surface area contributed by atoms with E-state index in [9.17, 15) is 47.9 Å². The molecule has 25 nitrogen and oxygen atoms in total. The maximum Gasteiger partial charge on any atom is 0.243 e. The number of nitrogens with one attached hydrogen (secondary N) is 9. The van der Waals surface area contributed by atoms with Crippen molar-refractivity contribution in [3.8, 4) is 0 Å². The summed E-state index contributed by atoms with van der Waals surface area (Å²) in [6, 6.07) is 6.01. The molecule has 1 aromatic heterocycles. The largest absolute Gasteiger partial charge is 0.370 e. The first-order valence-electron chi connectivity index (χ1n) is 23.6. The quantitative estimate of drug-likeness (QED) is 0.0351. The van der Waals surface area contributed by atoms with Crippen molar-refractivity contribution < 1.29 is 47.9 Å². The third kappa shape index (κ3) is 18.7. The lowest BCUT2D eigenvalue weighted by molar-refractivity contribution is -0.136. The number of hydrogen-bond acceptors (Lipinski definition) is 12. The molecule has 4 rings (SSSR count). The lowest BCUT2D eigenvalue weighted by Gasteiger charge is -2.28. The summed E-state index contributed by atoms with van der Waals surface area (Å²) in [6.45, 7) is 1.02. The lowest BCUT2D eigenvalue weighted by Crippen LogP contribution is -2.61. The Hall–Kier alpha value is -8.09. The van der Waals surface area contributed by atoms with Gasteiger partial charge in [0.1, 0.15) is 42.3 Å². The molecule has 19 N–H and O–H groups in total. The van der Waals surface area contributed by atoms with Crippen LogP contribution in [0.4, 0.5) is 0 Å². The Labute approximate surface area is 415 Å². The molecule has 0 saturated carbocycles. The summed E-state index contributed by atoms with van der Waals surface area (Å²) in [5.41, 5.74) is 30.0. The standard InChI is InChI=1S/C47H67N15O10/c1-26(63)56-33(16-17-38(49)64)42(68)62-37-24-39(65)53-20-8-7-14-31(40(50)66)57-45(71)36(23-28-25-55-30-13-6-5-12-29(28)30)61-41(67)32(15-9-21-54-47(51)52)58-44(70)35(22-27-10-3-2-4-11-27)60-43(69)34(18-19-48)59-46(37)72/h2-6,10-13,25,31-37,55H,7-9,14-24,48H2,1H3,(H2,49,64)(H2,50,66)(H,53,65)(H,56,63)(H,57,71)(H,58,70)(H,59,72)(H,60,69)(H,61,67)(H,62,68)(H4,51,52,54)/t31-,32?,33-,34-,35+,36-,37-/m0/s1.